The molecular formula is C16H26N2O3S. The molecule has 0 saturated carbocycles. The Morgan fingerprint density at radius 1 is 1.18 bits per heavy atom. The predicted octanol–water partition coefficient (Wildman–Crippen LogP) is 2.64. The Bertz CT molecular complexity index is 601. The molecule has 6 heteroatoms. The van der Waals surface area contributed by atoms with E-state index in [1.54, 1.807) is 19.2 Å². The second-order valence-electron chi connectivity index (χ2n) is 6.41. The van der Waals surface area contributed by atoms with Crippen LogP contribution in [0.5, 0.6) is 0 Å². The number of nitrogens with one attached hydrogen (secondary N) is 1. The van der Waals surface area contributed by atoms with Crippen LogP contribution in [0.3, 0.4) is 0 Å². The molecular weight excluding hydrogens is 300 g/mol. The molecule has 0 atom stereocenters. The highest BCUT2D eigenvalue weighted by Crippen LogP contribution is 2.16. The minimum absolute atomic E-state index is 0.207. The number of carbonyl (C=O) groups is 1. The molecule has 0 aliphatic carbocycles. The first-order valence-corrected chi connectivity index (χ1v) is 8.91. The van der Waals surface area contributed by atoms with E-state index in [0.29, 0.717) is 12.1 Å². The van der Waals surface area contributed by atoms with E-state index in [1.165, 1.54) is 16.4 Å². The molecule has 1 amide bonds. The molecule has 5 nitrogen and oxygen atoms in total. The van der Waals surface area contributed by atoms with Gasteiger partial charge in [0.05, 0.1) is 4.90 Å². The van der Waals surface area contributed by atoms with Crippen molar-refractivity contribution in [2.45, 2.75) is 51.0 Å². The maximum atomic E-state index is 12.4. The van der Waals surface area contributed by atoms with Crippen LogP contribution in [-0.4, -0.2) is 37.8 Å². The van der Waals surface area contributed by atoms with E-state index in [1.807, 2.05) is 27.7 Å². The molecule has 0 fully saturated rings. The van der Waals surface area contributed by atoms with Crippen LogP contribution in [0, 0.1) is 0 Å². The van der Waals surface area contributed by atoms with Crippen LogP contribution in [0.2, 0.25) is 0 Å². The average molecular weight is 326 g/mol. The number of sulfonamides is 1. The van der Waals surface area contributed by atoms with Crippen molar-refractivity contribution in [2.24, 2.45) is 0 Å². The van der Waals surface area contributed by atoms with Crippen molar-refractivity contribution >= 4 is 15.9 Å². The predicted molar refractivity (Wildman–Crippen MR) is 88.4 cm³/mol. The Balaban J connectivity index is 2.90. The van der Waals surface area contributed by atoms with E-state index in [2.05, 4.69) is 5.32 Å². The van der Waals surface area contributed by atoms with Gasteiger partial charge in [0.15, 0.2) is 0 Å². The monoisotopic (exact) mass is 326 g/mol. The Morgan fingerprint density at radius 3 is 2.18 bits per heavy atom. The van der Waals surface area contributed by atoms with E-state index < -0.39 is 10.0 Å². The topological polar surface area (TPSA) is 66.5 Å². The number of rotatable bonds is 6. The number of hydrogen-bond donors (Lipinski definition) is 1. The lowest BCUT2D eigenvalue weighted by molar-refractivity contribution is 0.0919. The molecule has 1 N–H and O–H groups in total. The second-order valence-corrected chi connectivity index (χ2v) is 8.45. The number of amides is 1. The van der Waals surface area contributed by atoms with Gasteiger partial charge in [0.1, 0.15) is 0 Å². The summed E-state index contributed by atoms with van der Waals surface area (Å²) in [4.78, 5) is 12.2. The van der Waals surface area contributed by atoms with Crippen molar-refractivity contribution in [1.29, 1.82) is 0 Å². The van der Waals surface area contributed by atoms with Crippen molar-refractivity contribution in [3.8, 4) is 0 Å². The molecule has 1 rings (SSSR count). The Morgan fingerprint density at radius 2 is 1.73 bits per heavy atom. The molecule has 0 bridgehead atoms. The van der Waals surface area contributed by atoms with Gasteiger partial charge >= 0.3 is 0 Å². The molecule has 0 saturated heterocycles. The van der Waals surface area contributed by atoms with Gasteiger partial charge in [-0.05, 0) is 51.5 Å². The van der Waals surface area contributed by atoms with Crippen LogP contribution in [-0.2, 0) is 10.0 Å². The quantitative estimate of drug-likeness (QED) is 0.874. The maximum Gasteiger partial charge on any atom is 0.251 e. The van der Waals surface area contributed by atoms with Crippen molar-refractivity contribution in [1.82, 2.24) is 9.62 Å². The Labute approximate surface area is 133 Å². The summed E-state index contributed by atoms with van der Waals surface area (Å²) in [6, 6.07) is 6.05. The fourth-order valence-corrected chi connectivity index (χ4v) is 3.08. The first-order chi connectivity index (χ1) is 10.1. The highest BCUT2D eigenvalue weighted by atomic mass is 32.2. The molecule has 0 unspecified atom stereocenters. The molecule has 0 heterocycles. The van der Waals surface area contributed by atoms with E-state index in [-0.39, 0.29) is 16.3 Å². The highest BCUT2D eigenvalue weighted by molar-refractivity contribution is 7.89. The summed E-state index contributed by atoms with van der Waals surface area (Å²) in [7, 11) is -1.91. The third kappa shape index (κ3) is 5.10. The molecule has 1 aromatic rings. The fraction of sp³-hybridized carbons (Fsp3) is 0.562. The summed E-state index contributed by atoms with van der Waals surface area (Å²) in [6.07, 6.45) is 1.76. The minimum Gasteiger partial charge on any atom is -0.347 e. The third-order valence-electron chi connectivity index (χ3n) is 3.14. The van der Waals surface area contributed by atoms with Crippen LogP contribution in [0.4, 0.5) is 0 Å². The van der Waals surface area contributed by atoms with Gasteiger partial charge in [0.25, 0.3) is 5.91 Å². The summed E-state index contributed by atoms with van der Waals surface area (Å²) in [5.74, 6) is -0.212. The summed E-state index contributed by atoms with van der Waals surface area (Å²) in [5, 5.41) is 2.85. The first-order valence-electron chi connectivity index (χ1n) is 7.47. The first kappa shape index (κ1) is 18.6. The fourth-order valence-electron chi connectivity index (χ4n) is 1.87. The number of unbranched alkanes of at least 4 members (excludes halogenated alkanes) is 1. The van der Waals surface area contributed by atoms with Gasteiger partial charge in [-0.2, -0.15) is 0 Å². The van der Waals surface area contributed by atoms with Crippen molar-refractivity contribution in [3.63, 3.8) is 0 Å². The SMILES string of the molecule is CCCCN(C)S(=O)(=O)c1ccc(C(=O)NC(C)(C)C)cc1. The van der Waals surface area contributed by atoms with Crippen LogP contribution in [0.25, 0.3) is 0 Å². The Kier molecular flexibility index (Phi) is 6.14. The molecule has 0 spiro atoms. The number of nitrogens with zero attached hydrogens (tertiary/aromatic N) is 1. The van der Waals surface area contributed by atoms with Crippen LogP contribution in [0.1, 0.15) is 50.9 Å². The maximum absolute atomic E-state index is 12.4. The minimum atomic E-state index is -3.49. The molecule has 0 aromatic heterocycles. The zero-order valence-corrected chi connectivity index (χ0v) is 14.8. The zero-order chi connectivity index (χ0) is 17.0. The lowest BCUT2D eigenvalue weighted by Gasteiger charge is -2.21. The third-order valence-corrected chi connectivity index (χ3v) is 5.01. The summed E-state index contributed by atoms with van der Waals surface area (Å²) in [5.41, 5.74) is 0.118. The van der Waals surface area contributed by atoms with Gasteiger partial charge in [0.2, 0.25) is 10.0 Å². The van der Waals surface area contributed by atoms with Crippen LogP contribution < -0.4 is 5.32 Å². The molecule has 0 aliphatic rings. The molecule has 22 heavy (non-hydrogen) atoms. The molecule has 124 valence electrons. The second kappa shape index (κ2) is 7.24. The van der Waals surface area contributed by atoms with Crippen molar-refractivity contribution in [3.05, 3.63) is 29.8 Å². The average Bonchev–Trinajstić information content (AvgIpc) is 2.43. The molecule has 0 radical (unpaired) electrons. The van der Waals surface area contributed by atoms with Gasteiger partial charge in [-0.25, -0.2) is 12.7 Å². The van der Waals surface area contributed by atoms with E-state index in [9.17, 15) is 13.2 Å². The smallest absolute Gasteiger partial charge is 0.251 e. The van der Waals surface area contributed by atoms with Gasteiger partial charge in [-0.15, -0.1) is 0 Å². The van der Waals surface area contributed by atoms with Crippen LogP contribution in [0.15, 0.2) is 29.2 Å². The van der Waals surface area contributed by atoms with E-state index >= 15 is 0 Å². The molecule has 1 aromatic carbocycles. The van der Waals surface area contributed by atoms with Gasteiger partial charge in [0, 0.05) is 24.7 Å². The normalized spacial score (nSPS) is 12.5. The van der Waals surface area contributed by atoms with Crippen LogP contribution >= 0.6 is 0 Å². The standard InChI is InChI=1S/C16H26N2O3S/c1-6-7-12-18(5)22(20,21)14-10-8-13(9-11-14)15(19)17-16(2,3)4/h8-11H,6-7,12H2,1-5H3,(H,17,19). The van der Waals surface area contributed by atoms with Gasteiger partial charge < -0.3 is 5.32 Å². The Hall–Kier alpha value is -1.40. The van der Waals surface area contributed by atoms with Crippen molar-refractivity contribution < 1.29 is 13.2 Å². The largest absolute Gasteiger partial charge is 0.347 e. The van der Waals surface area contributed by atoms with Crippen molar-refractivity contribution in [2.75, 3.05) is 13.6 Å². The van der Waals surface area contributed by atoms with E-state index in [0.717, 1.165) is 12.8 Å². The number of carbonyl (C=O) groups excluding carboxylic acids is 1. The molecule has 0 aliphatic heterocycles. The highest BCUT2D eigenvalue weighted by Gasteiger charge is 2.21. The summed E-state index contributed by atoms with van der Waals surface area (Å²) < 4.78 is 26.1. The summed E-state index contributed by atoms with van der Waals surface area (Å²) >= 11 is 0. The van der Waals surface area contributed by atoms with Gasteiger partial charge in [-0.3, -0.25) is 4.79 Å². The lowest BCUT2D eigenvalue weighted by Crippen LogP contribution is -2.40. The lowest BCUT2D eigenvalue weighted by atomic mass is 10.1. The summed E-state index contributed by atoms with van der Waals surface area (Å²) in [6.45, 7) is 8.19. The number of hydrogen-bond acceptors (Lipinski definition) is 3. The number of benzene rings is 1. The van der Waals surface area contributed by atoms with E-state index in [4.69, 9.17) is 0 Å². The van der Waals surface area contributed by atoms with Gasteiger partial charge in [-0.1, -0.05) is 13.3 Å². The zero-order valence-electron chi connectivity index (χ0n) is 14.0.